The second-order valence-electron chi connectivity index (χ2n) is 4.68. The Morgan fingerprint density at radius 3 is 2.63 bits per heavy atom. The highest BCUT2D eigenvalue weighted by Gasteiger charge is 2.45. The topological polar surface area (TPSA) is 24.9 Å². The minimum absolute atomic E-state index is 0.184. The quantitative estimate of drug-likeness (QED) is 0.751. The molecule has 0 saturated heterocycles. The Hall–Kier alpha value is -0.490. The van der Waals surface area contributed by atoms with Gasteiger partial charge in [0.25, 0.3) is 0 Å². The van der Waals surface area contributed by atoms with E-state index >= 15 is 0 Å². The van der Waals surface area contributed by atoms with Crippen LogP contribution in [0.4, 0.5) is 18.9 Å². The summed E-state index contributed by atoms with van der Waals surface area (Å²) in [5, 5.41) is 3.23. The molecule has 0 spiro atoms. The molecule has 19 heavy (non-hydrogen) atoms. The first kappa shape index (κ1) is 14.9. The van der Waals surface area contributed by atoms with Gasteiger partial charge in [0.2, 0.25) is 0 Å². The minimum Gasteiger partial charge on any atom is -0.380 e. The zero-order chi connectivity index (χ0) is 14.0. The summed E-state index contributed by atoms with van der Waals surface area (Å²) in [6.07, 6.45) is -0.560. The summed E-state index contributed by atoms with van der Waals surface area (Å²) in [4.78, 5) is 3.91. The van der Waals surface area contributed by atoms with Crippen LogP contribution < -0.4 is 5.32 Å². The van der Waals surface area contributed by atoms with Gasteiger partial charge in [0.05, 0.1) is 22.3 Å². The predicted molar refractivity (Wildman–Crippen MR) is 72.4 cm³/mol. The molecule has 106 valence electrons. The number of alkyl halides is 3. The van der Waals surface area contributed by atoms with Crippen LogP contribution in [0.5, 0.6) is 0 Å². The van der Waals surface area contributed by atoms with Crippen LogP contribution in [0.1, 0.15) is 25.7 Å². The highest BCUT2D eigenvalue weighted by molar-refractivity contribution is 9.10. The first-order chi connectivity index (χ1) is 8.88. The van der Waals surface area contributed by atoms with Gasteiger partial charge in [0.1, 0.15) is 5.15 Å². The van der Waals surface area contributed by atoms with Crippen LogP contribution in [-0.2, 0) is 0 Å². The van der Waals surface area contributed by atoms with Crippen molar-refractivity contribution in [1.29, 1.82) is 0 Å². The third kappa shape index (κ3) is 3.75. The second kappa shape index (κ2) is 5.87. The van der Waals surface area contributed by atoms with Crippen molar-refractivity contribution in [2.45, 2.75) is 37.9 Å². The summed E-state index contributed by atoms with van der Waals surface area (Å²) in [6, 6.07) is 1.06. The van der Waals surface area contributed by atoms with E-state index in [0.29, 0.717) is 28.2 Å². The monoisotopic (exact) mass is 356 g/mol. The molecule has 1 saturated carbocycles. The van der Waals surface area contributed by atoms with E-state index in [2.05, 4.69) is 26.2 Å². The standard InChI is InChI=1S/C12H13BrClF3N2/c13-9-5-7(6-18-11(9)14)19-10-4-2-1-3-8(10)12(15,16)17/h5-6,8,10,19H,1-4H2. The third-order valence-corrected chi connectivity index (χ3v) is 4.47. The normalized spacial score (nSPS) is 24.3. The molecule has 1 aliphatic rings. The van der Waals surface area contributed by atoms with Gasteiger partial charge in [-0.15, -0.1) is 0 Å². The number of anilines is 1. The van der Waals surface area contributed by atoms with Gasteiger partial charge in [-0.2, -0.15) is 13.2 Å². The lowest BCUT2D eigenvalue weighted by Crippen LogP contribution is -2.41. The molecular weight excluding hydrogens is 344 g/mol. The number of aromatic nitrogens is 1. The molecule has 0 bridgehead atoms. The number of nitrogens with zero attached hydrogens (tertiary/aromatic N) is 1. The first-order valence-electron chi connectivity index (χ1n) is 6.02. The fourth-order valence-corrected chi connectivity index (χ4v) is 2.86. The van der Waals surface area contributed by atoms with Gasteiger partial charge in [-0.05, 0) is 34.8 Å². The number of rotatable bonds is 2. The Balaban J connectivity index is 2.13. The van der Waals surface area contributed by atoms with E-state index in [1.807, 2.05) is 0 Å². The average molecular weight is 358 g/mol. The minimum atomic E-state index is -4.16. The SMILES string of the molecule is FC(F)(F)C1CCCCC1Nc1cnc(Cl)c(Br)c1. The fraction of sp³-hybridized carbons (Fsp3) is 0.583. The lowest BCUT2D eigenvalue weighted by Gasteiger charge is -2.34. The van der Waals surface area contributed by atoms with Crippen molar-refractivity contribution in [2.75, 3.05) is 5.32 Å². The molecule has 0 amide bonds. The summed E-state index contributed by atoms with van der Waals surface area (Å²) in [5.74, 6) is -1.30. The number of halogens is 5. The summed E-state index contributed by atoms with van der Waals surface area (Å²) in [6.45, 7) is 0. The van der Waals surface area contributed by atoms with Gasteiger partial charge < -0.3 is 5.32 Å². The zero-order valence-electron chi connectivity index (χ0n) is 9.97. The average Bonchev–Trinajstić information content (AvgIpc) is 2.33. The second-order valence-corrected chi connectivity index (χ2v) is 5.89. The molecule has 1 aromatic rings. The highest BCUT2D eigenvalue weighted by atomic mass is 79.9. The number of hydrogen-bond donors (Lipinski definition) is 1. The van der Waals surface area contributed by atoms with E-state index in [-0.39, 0.29) is 6.42 Å². The van der Waals surface area contributed by atoms with Gasteiger partial charge in [-0.25, -0.2) is 4.98 Å². The molecular formula is C12H13BrClF3N2. The maximum absolute atomic E-state index is 13.0. The Bertz CT molecular complexity index is 453. The molecule has 1 heterocycles. The largest absolute Gasteiger partial charge is 0.393 e. The van der Waals surface area contributed by atoms with Gasteiger partial charge >= 0.3 is 6.18 Å². The van der Waals surface area contributed by atoms with Crippen molar-refractivity contribution in [3.63, 3.8) is 0 Å². The van der Waals surface area contributed by atoms with E-state index in [1.54, 1.807) is 6.07 Å². The zero-order valence-corrected chi connectivity index (χ0v) is 12.3. The smallest absolute Gasteiger partial charge is 0.380 e. The molecule has 1 aromatic heterocycles. The van der Waals surface area contributed by atoms with Crippen LogP contribution in [0, 0.1) is 5.92 Å². The van der Waals surface area contributed by atoms with Gasteiger partial charge in [-0.3, -0.25) is 0 Å². The van der Waals surface area contributed by atoms with Crippen LogP contribution >= 0.6 is 27.5 Å². The highest BCUT2D eigenvalue weighted by Crippen LogP contribution is 2.39. The molecule has 0 aromatic carbocycles. The van der Waals surface area contributed by atoms with Crippen LogP contribution in [-0.4, -0.2) is 17.2 Å². The molecule has 0 radical (unpaired) electrons. The molecule has 2 nitrogen and oxygen atoms in total. The van der Waals surface area contributed by atoms with E-state index in [4.69, 9.17) is 11.6 Å². The molecule has 2 rings (SSSR count). The molecule has 1 aliphatic carbocycles. The van der Waals surface area contributed by atoms with Crippen molar-refractivity contribution < 1.29 is 13.2 Å². The van der Waals surface area contributed by atoms with Crippen molar-refractivity contribution >= 4 is 33.2 Å². The van der Waals surface area contributed by atoms with E-state index in [1.165, 1.54) is 6.20 Å². The Kier molecular flexibility index (Phi) is 4.61. The molecule has 7 heteroatoms. The maximum atomic E-state index is 13.0. The van der Waals surface area contributed by atoms with E-state index in [9.17, 15) is 13.2 Å². The number of nitrogens with one attached hydrogen (secondary N) is 1. The predicted octanol–water partition coefficient (Wildman–Crippen LogP) is 5.03. The van der Waals surface area contributed by atoms with E-state index < -0.39 is 18.1 Å². The van der Waals surface area contributed by atoms with Crippen molar-refractivity contribution in [3.05, 3.63) is 21.9 Å². The Morgan fingerprint density at radius 2 is 2.00 bits per heavy atom. The van der Waals surface area contributed by atoms with Gasteiger partial charge in [-0.1, -0.05) is 24.4 Å². The molecule has 0 aliphatic heterocycles. The Morgan fingerprint density at radius 1 is 1.32 bits per heavy atom. The maximum Gasteiger partial charge on any atom is 0.393 e. The summed E-state index contributed by atoms with van der Waals surface area (Å²) < 4.78 is 39.4. The van der Waals surface area contributed by atoms with Gasteiger partial charge in [0.15, 0.2) is 0 Å². The number of hydrogen-bond acceptors (Lipinski definition) is 2. The van der Waals surface area contributed by atoms with Crippen molar-refractivity contribution in [3.8, 4) is 0 Å². The Labute approximate surface area is 122 Å². The molecule has 2 unspecified atom stereocenters. The van der Waals surface area contributed by atoms with Crippen LogP contribution in [0.15, 0.2) is 16.7 Å². The van der Waals surface area contributed by atoms with Crippen molar-refractivity contribution in [1.82, 2.24) is 4.98 Å². The summed E-state index contributed by atoms with van der Waals surface area (Å²) in [5.41, 5.74) is 0.553. The van der Waals surface area contributed by atoms with Crippen LogP contribution in [0.3, 0.4) is 0 Å². The lowest BCUT2D eigenvalue weighted by atomic mass is 9.84. The lowest BCUT2D eigenvalue weighted by molar-refractivity contribution is -0.184. The van der Waals surface area contributed by atoms with Gasteiger partial charge in [0, 0.05) is 6.04 Å². The first-order valence-corrected chi connectivity index (χ1v) is 7.19. The third-order valence-electron chi connectivity index (χ3n) is 3.33. The summed E-state index contributed by atoms with van der Waals surface area (Å²) in [7, 11) is 0. The molecule has 2 atom stereocenters. The molecule has 1 N–H and O–H groups in total. The van der Waals surface area contributed by atoms with Crippen LogP contribution in [0.25, 0.3) is 0 Å². The fourth-order valence-electron chi connectivity index (χ4n) is 2.41. The number of pyridine rings is 1. The van der Waals surface area contributed by atoms with Crippen molar-refractivity contribution in [2.24, 2.45) is 5.92 Å². The molecule has 1 fully saturated rings. The van der Waals surface area contributed by atoms with E-state index in [0.717, 1.165) is 6.42 Å². The van der Waals surface area contributed by atoms with Crippen LogP contribution in [0.2, 0.25) is 5.15 Å². The summed E-state index contributed by atoms with van der Waals surface area (Å²) >= 11 is 8.97.